The highest BCUT2D eigenvalue weighted by Gasteiger charge is 2.20. The summed E-state index contributed by atoms with van der Waals surface area (Å²) >= 11 is 6.37. The predicted molar refractivity (Wildman–Crippen MR) is 129 cm³/mol. The van der Waals surface area contributed by atoms with Gasteiger partial charge in [0, 0.05) is 18.0 Å². The third kappa shape index (κ3) is 5.06. The van der Waals surface area contributed by atoms with Gasteiger partial charge in [-0.1, -0.05) is 17.7 Å². The zero-order valence-electron chi connectivity index (χ0n) is 19.6. The van der Waals surface area contributed by atoms with E-state index >= 15 is 0 Å². The molecule has 0 saturated carbocycles. The quantitative estimate of drug-likeness (QED) is 0.425. The van der Waals surface area contributed by atoms with E-state index in [-0.39, 0.29) is 23.1 Å². The molecule has 0 aliphatic rings. The van der Waals surface area contributed by atoms with Crippen molar-refractivity contribution in [2.45, 2.75) is 39.9 Å². The summed E-state index contributed by atoms with van der Waals surface area (Å²) in [5.41, 5.74) is 1.88. The lowest BCUT2D eigenvalue weighted by Gasteiger charge is -2.18. The second-order valence-electron chi connectivity index (χ2n) is 8.53. The highest BCUT2D eigenvalue weighted by molar-refractivity contribution is 6.31. The summed E-state index contributed by atoms with van der Waals surface area (Å²) in [5.74, 6) is -0.495. The van der Waals surface area contributed by atoms with Gasteiger partial charge in [-0.05, 0) is 51.5 Å². The first kappa shape index (κ1) is 24.4. The van der Waals surface area contributed by atoms with Crippen LogP contribution in [0.3, 0.4) is 0 Å². The van der Waals surface area contributed by atoms with Crippen molar-refractivity contribution in [3.63, 3.8) is 0 Å². The Balaban J connectivity index is 1.73. The predicted octanol–water partition coefficient (Wildman–Crippen LogP) is 4.30. The average molecular weight is 496 g/mol. The van der Waals surface area contributed by atoms with E-state index in [9.17, 15) is 14.3 Å². The summed E-state index contributed by atoms with van der Waals surface area (Å²) in [6.07, 6.45) is 3.89. The van der Waals surface area contributed by atoms with E-state index in [2.05, 4.69) is 19.9 Å². The minimum absolute atomic E-state index is 0.0494. The molecule has 0 fully saturated rings. The SMILES string of the molecule is Cc1cnc(-c2cccc(C(C)(C)O)n2)cc1-n1c(C)cc(OCc2ncncc2F)c(Cl)c1=O. The molecule has 0 radical (unpaired) electrons. The minimum Gasteiger partial charge on any atom is -0.485 e. The summed E-state index contributed by atoms with van der Waals surface area (Å²) in [7, 11) is 0. The molecule has 4 heterocycles. The molecule has 0 saturated heterocycles. The van der Waals surface area contributed by atoms with Gasteiger partial charge in [-0.2, -0.15) is 0 Å². The molecule has 180 valence electrons. The van der Waals surface area contributed by atoms with Gasteiger partial charge in [0.1, 0.15) is 35.0 Å². The molecule has 4 aromatic heterocycles. The molecular formula is C25H23ClFN5O3. The Morgan fingerprint density at radius 2 is 1.91 bits per heavy atom. The third-order valence-electron chi connectivity index (χ3n) is 5.36. The van der Waals surface area contributed by atoms with Crippen molar-refractivity contribution in [3.05, 3.63) is 92.9 Å². The first-order chi connectivity index (χ1) is 16.6. The summed E-state index contributed by atoms with van der Waals surface area (Å²) in [6, 6.07) is 8.65. The summed E-state index contributed by atoms with van der Waals surface area (Å²) in [6.45, 7) is 6.66. The number of hydrogen-bond acceptors (Lipinski definition) is 7. The van der Waals surface area contributed by atoms with Crippen LogP contribution in [-0.4, -0.2) is 29.6 Å². The molecule has 1 N–H and O–H groups in total. The van der Waals surface area contributed by atoms with Crippen molar-refractivity contribution < 1.29 is 14.2 Å². The Morgan fingerprint density at radius 3 is 2.63 bits per heavy atom. The van der Waals surface area contributed by atoms with Crippen LogP contribution in [0.1, 0.15) is 36.5 Å². The number of nitrogens with zero attached hydrogens (tertiary/aromatic N) is 5. The van der Waals surface area contributed by atoms with Gasteiger partial charge in [0.05, 0.1) is 29.0 Å². The van der Waals surface area contributed by atoms with Crippen LogP contribution in [0.4, 0.5) is 4.39 Å². The molecule has 0 unspecified atom stereocenters. The molecule has 0 atom stereocenters. The molecule has 10 heteroatoms. The van der Waals surface area contributed by atoms with Crippen molar-refractivity contribution in [1.82, 2.24) is 24.5 Å². The fraction of sp³-hybridized carbons (Fsp3) is 0.240. The average Bonchev–Trinajstić information content (AvgIpc) is 2.82. The number of pyridine rings is 3. The summed E-state index contributed by atoms with van der Waals surface area (Å²) in [4.78, 5) is 29.7. The minimum atomic E-state index is -1.12. The third-order valence-corrected chi connectivity index (χ3v) is 5.71. The molecule has 0 aliphatic heterocycles. The zero-order valence-corrected chi connectivity index (χ0v) is 20.3. The van der Waals surface area contributed by atoms with Crippen LogP contribution >= 0.6 is 11.6 Å². The fourth-order valence-electron chi connectivity index (χ4n) is 3.49. The van der Waals surface area contributed by atoms with Crippen LogP contribution in [0.5, 0.6) is 5.75 Å². The van der Waals surface area contributed by atoms with Crippen molar-refractivity contribution in [2.24, 2.45) is 0 Å². The molecule has 0 amide bonds. The Morgan fingerprint density at radius 1 is 1.14 bits per heavy atom. The zero-order chi connectivity index (χ0) is 25.3. The first-order valence-electron chi connectivity index (χ1n) is 10.7. The van der Waals surface area contributed by atoms with Crippen molar-refractivity contribution >= 4 is 11.6 Å². The van der Waals surface area contributed by atoms with Crippen LogP contribution < -0.4 is 10.3 Å². The maximum Gasteiger partial charge on any atom is 0.277 e. The maximum atomic E-state index is 13.8. The fourth-order valence-corrected chi connectivity index (χ4v) is 3.68. The first-order valence-corrected chi connectivity index (χ1v) is 11.1. The van der Waals surface area contributed by atoms with Gasteiger partial charge in [0.15, 0.2) is 5.82 Å². The lowest BCUT2D eigenvalue weighted by molar-refractivity contribution is 0.0740. The van der Waals surface area contributed by atoms with Crippen LogP contribution in [-0.2, 0) is 12.2 Å². The van der Waals surface area contributed by atoms with E-state index in [1.807, 2.05) is 6.92 Å². The smallest absolute Gasteiger partial charge is 0.277 e. The van der Waals surface area contributed by atoms with E-state index in [1.54, 1.807) is 57.3 Å². The standard InChI is InChI=1S/C25H23ClFN5O3/c1-14-10-29-18(17-6-5-7-22(31-17)25(3,4)34)9-20(14)32-15(2)8-21(23(26)24(32)33)35-12-19-16(27)11-28-13-30-19/h5-11,13,34H,12H2,1-4H3. The Hall–Kier alpha value is -3.69. The van der Waals surface area contributed by atoms with Crippen molar-refractivity contribution in [2.75, 3.05) is 0 Å². The van der Waals surface area contributed by atoms with Crippen LogP contribution in [0.15, 0.2) is 53.8 Å². The second kappa shape index (κ2) is 9.52. The highest BCUT2D eigenvalue weighted by Crippen LogP contribution is 2.28. The molecule has 0 aliphatic carbocycles. The van der Waals surface area contributed by atoms with E-state index in [0.29, 0.717) is 28.5 Å². The van der Waals surface area contributed by atoms with E-state index in [4.69, 9.17) is 16.3 Å². The second-order valence-corrected chi connectivity index (χ2v) is 8.91. The number of aliphatic hydroxyl groups is 1. The Kier molecular flexibility index (Phi) is 6.64. The van der Waals surface area contributed by atoms with Crippen LogP contribution in [0.25, 0.3) is 17.1 Å². The number of aryl methyl sites for hydroxylation is 2. The lowest BCUT2D eigenvalue weighted by atomic mass is 10.0. The van der Waals surface area contributed by atoms with Gasteiger partial charge in [-0.3, -0.25) is 14.3 Å². The van der Waals surface area contributed by atoms with Crippen molar-refractivity contribution in [1.29, 1.82) is 0 Å². The number of ether oxygens (including phenoxy) is 1. The number of hydrogen-bond donors (Lipinski definition) is 1. The van der Waals surface area contributed by atoms with Crippen LogP contribution in [0.2, 0.25) is 5.02 Å². The number of rotatable bonds is 6. The number of halogens is 2. The molecule has 0 spiro atoms. The molecule has 4 rings (SSSR count). The molecule has 8 nitrogen and oxygen atoms in total. The van der Waals surface area contributed by atoms with Crippen LogP contribution in [0, 0.1) is 19.7 Å². The topological polar surface area (TPSA) is 103 Å². The van der Waals surface area contributed by atoms with Gasteiger partial charge in [-0.25, -0.2) is 19.3 Å². The van der Waals surface area contributed by atoms with E-state index < -0.39 is 17.0 Å². The largest absolute Gasteiger partial charge is 0.485 e. The molecular weight excluding hydrogens is 473 g/mol. The van der Waals surface area contributed by atoms with Gasteiger partial charge in [0.2, 0.25) is 0 Å². The molecule has 0 bridgehead atoms. The molecule has 35 heavy (non-hydrogen) atoms. The van der Waals surface area contributed by atoms with Gasteiger partial charge < -0.3 is 9.84 Å². The van der Waals surface area contributed by atoms with E-state index in [0.717, 1.165) is 11.8 Å². The maximum absolute atomic E-state index is 13.8. The number of aromatic nitrogens is 5. The molecule has 0 aromatic carbocycles. The van der Waals surface area contributed by atoms with Crippen molar-refractivity contribution in [3.8, 4) is 22.8 Å². The highest BCUT2D eigenvalue weighted by atomic mass is 35.5. The molecule has 4 aromatic rings. The van der Waals surface area contributed by atoms with E-state index in [1.165, 1.54) is 10.9 Å². The Labute approximate surface area is 206 Å². The van der Waals surface area contributed by atoms with Gasteiger partial charge in [-0.15, -0.1) is 0 Å². The normalized spacial score (nSPS) is 11.5. The van der Waals surface area contributed by atoms with Gasteiger partial charge in [0.25, 0.3) is 5.56 Å². The Bertz CT molecular complexity index is 1470. The monoisotopic (exact) mass is 495 g/mol. The summed E-state index contributed by atoms with van der Waals surface area (Å²) in [5, 5.41) is 10.2. The summed E-state index contributed by atoms with van der Waals surface area (Å²) < 4.78 is 20.9. The lowest BCUT2D eigenvalue weighted by Crippen LogP contribution is -2.23. The van der Waals surface area contributed by atoms with Gasteiger partial charge >= 0.3 is 0 Å².